The number of methoxy groups -OCH3 is 3. The average Bonchev–Trinajstić information content (AvgIpc) is 2.72. The molecule has 28 heavy (non-hydrogen) atoms. The summed E-state index contributed by atoms with van der Waals surface area (Å²) in [4.78, 5) is 13.8. The van der Waals surface area contributed by atoms with Crippen LogP contribution in [0.1, 0.15) is 11.1 Å². The van der Waals surface area contributed by atoms with Crippen molar-refractivity contribution < 1.29 is 23.4 Å². The van der Waals surface area contributed by atoms with Crippen molar-refractivity contribution in [3.63, 3.8) is 0 Å². The highest BCUT2D eigenvalue weighted by Crippen LogP contribution is 2.39. The third kappa shape index (κ3) is 3.25. The zero-order chi connectivity index (χ0) is 19.7. The molecular formula is C21H21NO6. The van der Waals surface area contributed by atoms with Gasteiger partial charge in [0, 0.05) is 24.5 Å². The molecule has 0 saturated carbocycles. The van der Waals surface area contributed by atoms with Crippen molar-refractivity contribution in [3.05, 3.63) is 57.9 Å². The molecule has 0 atom stereocenters. The maximum absolute atomic E-state index is 11.7. The number of nitrogens with zero attached hydrogens (tertiary/aromatic N) is 1. The second-order valence-corrected chi connectivity index (χ2v) is 6.51. The van der Waals surface area contributed by atoms with Gasteiger partial charge in [0.05, 0.1) is 26.9 Å². The fourth-order valence-electron chi connectivity index (χ4n) is 3.47. The van der Waals surface area contributed by atoms with Crippen LogP contribution < -0.4 is 24.6 Å². The molecule has 0 fully saturated rings. The van der Waals surface area contributed by atoms with Crippen molar-refractivity contribution in [2.45, 2.75) is 13.1 Å². The highest BCUT2D eigenvalue weighted by Gasteiger charge is 2.22. The first kappa shape index (κ1) is 18.2. The summed E-state index contributed by atoms with van der Waals surface area (Å²) < 4.78 is 27.6. The number of rotatable bonds is 5. The molecule has 146 valence electrons. The van der Waals surface area contributed by atoms with E-state index in [2.05, 4.69) is 4.90 Å². The van der Waals surface area contributed by atoms with E-state index in [0.29, 0.717) is 42.7 Å². The molecule has 1 aliphatic rings. The van der Waals surface area contributed by atoms with E-state index in [1.165, 1.54) is 6.07 Å². The zero-order valence-electron chi connectivity index (χ0n) is 16.0. The van der Waals surface area contributed by atoms with Gasteiger partial charge >= 0.3 is 5.63 Å². The molecule has 0 amide bonds. The predicted octanol–water partition coefficient (Wildman–Crippen LogP) is 3.17. The Hall–Kier alpha value is -3.19. The van der Waals surface area contributed by atoms with Crippen molar-refractivity contribution >= 4 is 11.0 Å². The van der Waals surface area contributed by atoms with E-state index < -0.39 is 0 Å². The first-order chi connectivity index (χ1) is 13.6. The Balaban J connectivity index is 1.65. The average molecular weight is 383 g/mol. The van der Waals surface area contributed by atoms with E-state index in [4.69, 9.17) is 23.4 Å². The van der Waals surface area contributed by atoms with Crippen LogP contribution >= 0.6 is 0 Å². The molecule has 2 heterocycles. The summed E-state index contributed by atoms with van der Waals surface area (Å²) in [6, 6.07) is 10.8. The van der Waals surface area contributed by atoms with E-state index in [1.54, 1.807) is 27.4 Å². The van der Waals surface area contributed by atoms with E-state index in [-0.39, 0.29) is 5.63 Å². The first-order valence-electron chi connectivity index (χ1n) is 8.82. The van der Waals surface area contributed by atoms with Gasteiger partial charge in [-0.25, -0.2) is 4.79 Å². The molecule has 7 heteroatoms. The number of benzene rings is 2. The van der Waals surface area contributed by atoms with Gasteiger partial charge in [-0.15, -0.1) is 0 Å². The Morgan fingerprint density at radius 2 is 1.71 bits per heavy atom. The third-order valence-electron chi connectivity index (χ3n) is 4.76. The molecule has 0 spiro atoms. The molecule has 1 aromatic heterocycles. The lowest BCUT2D eigenvalue weighted by molar-refractivity contribution is 0.0888. The lowest BCUT2D eigenvalue weighted by atomic mass is 10.1. The maximum Gasteiger partial charge on any atom is 0.336 e. The molecule has 0 aliphatic carbocycles. The van der Waals surface area contributed by atoms with Gasteiger partial charge < -0.3 is 23.4 Å². The molecule has 4 rings (SSSR count). The van der Waals surface area contributed by atoms with Crippen molar-refractivity contribution in [2.24, 2.45) is 0 Å². The van der Waals surface area contributed by atoms with E-state index in [9.17, 15) is 4.79 Å². The fraction of sp³-hybridized carbons (Fsp3) is 0.286. The minimum atomic E-state index is -0.373. The Bertz CT molecular complexity index is 1050. The molecule has 0 radical (unpaired) electrons. The van der Waals surface area contributed by atoms with E-state index in [0.717, 1.165) is 22.3 Å². The van der Waals surface area contributed by atoms with Gasteiger partial charge in [-0.2, -0.15) is 0 Å². The van der Waals surface area contributed by atoms with Crippen molar-refractivity contribution in [1.82, 2.24) is 4.90 Å². The quantitative estimate of drug-likeness (QED) is 0.627. The standard InChI is InChI=1S/C21H21NO6/c1-24-17-8-13(9-18(25-2)21(17)26-3)10-22-11-15-16(27-12-22)6-4-14-5-7-19(23)28-20(14)15/h4-9H,10-12H2,1-3H3. The van der Waals surface area contributed by atoms with Gasteiger partial charge in [-0.1, -0.05) is 0 Å². The van der Waals surface area contributed by atoms with Crippen LogP contribution in [0.15, 0.2) is 45.6 Å². The van der Waals surface area contributed by atoms with Crippen LogP contribution in [0.2, 0.25) is 0 Å². The molecule has 0 N–H and O–H groups in total. The number of hydrogen-bond acceptors (Lipinski definition) is 7. The van der Waals surface area contributed by atoms with Gasteiger partial charge in [0.2, 0.25) is 5.75 Å². The zero-order valence-corrected chi connectivity index (χ0v) is 16.0. The molecule has 0 bridgehead atoms. The summed E-state index contributed by atoms with van der Waals surface area (Å²) in [6.07, 6.45) is 0. The summed E-state index contributed by atoms with van der Waals surface area (Å²) in [6.45, 7) is 1.62. The van der Waals surface area contributed by atoms with Crippen LogP contribution in [0, 0.1) is 0 Å². The number of ether oxygens (including phenoxy) is 4. The van der Waals surface area contributed by atoms with E-state index >= 15 is 0 Å². The number of hydrogen-bond donors (Lipinski definition) is 0. The molecule has 7 nitrogen and oxygen atoms in total. The van der Waals surface area contributed by atoms with Gasteiger partial charge in [0.15, 0.2) is 11.5 Å². The minimum Gasteiger partial charge on any atom is -0.493 e. The van der Waals surface area contributed by atoms with Crippen LogP contribution in [-0.4, -0.2) is 33.0 Å². The molecule has 0 unspecified atom stereocenters. The Morgan fingerprint density at radius 1 is 1.00 bits per heavy atom. The van der Waals surface area contributed by atoms with Gasteiger partial charge in [0.1, 0.15) is 18.1 Å². The summed E-state index contributed by atoms with van der Waals surface area (Å²) >= 11 is 0. The summed E-state index contributed by atoms with van der Waals surface area (Å²) in [5.41, 5.74) is 2.05. The first-order valence-corrected chi connectivity index (χ1v) is 8.82. The second kappa shape index (κ2) is 7.44. The van der Waals surface area contributed by atoms with Gasteiger partial charge in [-0.05, 0) is 35.9 Å². The lowest BCUT2D eigenvalue weighted by Crippen LogP contribution is -2.31. The van der Waals surface area contributed by atoms with Crippen molar-refractivity contribution in [2.75, 3.05) is 28.1 Å². The normalized spacial score (nSPS) is 13.7. The van der Waals surface area contributed by atoms with Crippen molar-refractivity contribution in [1.29, 1.82) is 0 Å². The Kier molecular flexibility index (Phi) is 4.83. The third-order valence-corrected chi connectivity index (χ3v) is 4.76. The molecule has 3 aromatic rings. The molecule has 0 saturated heterocycles. The summed E-state index contributed by atoms with van der Waals surface area (Å²) in [5, 5.41) is 0.872. The highest BCUT2D eigenvalue weighted by atomic mass is 16.5. The lowest BCUT2D eigenvalue weighted by Gasteiger charge is -2.29. The molecule has 1 aliphatic heterocycles. The van der Waals surface area contributed by atoms with Crippen LogP contribution in [0.4, 0.5) is 0 Å². The topological polar surface area (TPSA) is 70.4 Å². The van der Waals surface area contributed by atoms with Crippen LogP contribution in [0.5, 0.6) is 23.0 Å². The predicted molar refractivity (Wildman–Crippen MR) is 103 cm³/mol. The number of fused-ring (bicyclic) bond motifs is 3. The van der Waals surface area contributed by atoms with Crippen molar-refractivity contribution in [3.8, 4) is 23.0 Å². The van der Waals surface area contributed by atoms with Crippen LogP contribution in [0.25, 0.3) is 11.0 Å². The highest BCUT2D eigenvalue weighted by molar-refractivity contribution is 5.82. The van der Waals surface area contributed by atoms with Gasteiger partial charge in [-0.3, -0.25) is 4.90 Å². The minimum absolute atomic E-state index is 0.373. The monoisotopic (exact) mass is 383 g/mol. The van der Waals surface area contributed by atoms with Crippen LogP contribution in [0.3, 0.4) is 0 Å². The second-order valence-electron chi connectivity index (χ2n) is 6.51. The molecular weight excluding hydrogens is 362 g/mol. The molecule has 2 aromatic carbocycles. The maximum atomic E-state index is 11.7. The van der Waals surface area contributed by atoms with E-state index in [1.807, 2.05) is 24.3 Å². The van der Waals surface area contributed by atoms with Crippen LogP contribution in [-0.2, 0) is 13.1 Å². The fourth-order valence-corrected chi connectivity index (χ4v) is 3.47. The smallest absolute Gasteiger partial charge is 0.336 e. The SMILES string of the molecule is COc1cc(CN2COc3ccc4ccc(=O)oc4c3C2)cc(OC)c1OC. The Morgan fingerprint density at radius 3 is 2.39 bits per heavy atom. The van der Waals surface area contributed by atoms with Gasteiger partial charge in [0.25, 0.3) is 0 Å². The summed E-state index contributed by atoms with van der Waals surface area (Å²) in [5.74, 6) is 2.50. The summed E-state index contributed by atoms with van der Waals surface area (Å²) in [7, 11) is 4.76. The Labute approximate surface area is 162 Å². The largest absolute Gasteiger partial charge is 0.493 e.